The molecular formula is C18H16O. The van der Waals surface area contributed by atoms with Crippen LogP contribution in [-0.4, -0.2) is 5.78 Å². The Morgan fingerprint density at radius 3 is 2.89 bits per heavy atom. The van der Waals surface area contributed by atoms with E-state index in [9.17, 15) is 4.79 Å². The first-order valence-electron chi connectivity index (χ1n) is 7.04. The van der Waals surface area contributed by atoms with Gasteiger partial charge in [0.25, 0.3) is 0 Å². The molecule has 0 heterocycles. The number of hydrogen-bond acceptors (Lipinski definition) is 1. The summed E-state index contributed by atoms with van der Waals surface area (Å²) < 4.78 is 0. The lowest BCUT2D eigenvalue weighted by atomic mass is 9.69. The van der Waals surface area contributed by atoms with Gasteiger partial charge in [-0.3, -0.25) is 4.79 Å². The number of benzene rings is 2. The van der Waals surface area contributed by atoms with Gasteiger partial charge in [0.05, 0.1) is 0 Å². The number of allylic oxidation sites excluding steroid dienone is 2. The van der Waals surface area contributed by atoms with Crippen molar-refractivity contribution in [3.05, 3.63) is 59.7 Å². The van der Waals surface area contributed by atoms with Crippen LogP contribution in [0, 0.1) is 5.92 Å². The van der Waals surface area contributed by atoms with Crippen LogP contribution in [0.5, 0.6) is 0 Å². The third kappa shape index (κ3) is 1.58. The lowest BCUT2D eigenvalue weighted by Crippen LogP contribution is -2.30. The Kier molecular flexibility index (Phi) is 2.34. The molecule has 2 aliphatic rings. The molecule has 2 aromatic carbocycles. The Bertz CT molecular complexity index is 696. The molecule has 4 rings (SSSR count). The minimum Gasteiger partial charge on any atom is -0.299 e. The summed E-state index contributed by atoms with van der Waals surface area (Å²) >= 11 is 0. The van der Waals surface area contributed by atoms with Crippen molar-refractivity contribution >= 4 is 16.6 Å². The molecule has 0 radical (unpaired) electrons. The lowest BCUT2D eigenvalue weighted by molar-refractivity contribution is -0.123. The zero-order valence-electron chi connectivity index (χ0n) is 10.8. The van der Waals surface area contributed by atoms with Crippen molar-refractivity contribution in [2.45, 2.75) is 25.2 Å². The van der Waals surface area contributed by atoms with Crippen molar-refractivity contribution < 1.29 is 4.79 Å². The van der Waals surface area contributed by atoms with E-state index in [1.165, 1.54) is 21.9 Å². The van der Waals surface area contributed by atoms with Crippen LogP contribution >= 0.6 is 0 Å². The van der Waals surface area contributed by atoms with Gasteiger partial charge in [0, 0.05) is 18.3 Å². The molecule has 1 nitrogen and oxygen atoms in total. The molecule has 0 amide bonds. The van der Waals surface area contributed by atoms with Gasteiger partial charge in [0.2, 0.25) is 0 Å². The van der Waals surface area contributed by atoms with Crippen LogP contribution < -0.4 is 0 Å². The zero-order chi connectivity index (χ0) is 12.8. The van der Waals surface area contributed by atoms with Gasteiger partial charge in [0.15, 0.2) is 0 Å². The molecule has 2 unspecified atom stereocenters. The smallest absolute Gasteiger partial charge is 0.141 e. The fourth-order valence-electron chi connectivity index (χ4n) is 3.68. The van der Waals surface area contributed by atoms with Crippen LogP contribution in [0.2, 0.25) is 0 Å². The van der Waals surface area contributed by atoms with E-state index in [1.807, 2.05) is 0 Å². The van der Waals surface area contributed by atoms with E-state index in [0.29, 0.717) is 18.1 Å². The van der Waals surface area contributed by atoms with Gasteiger partial charge < -0.3 is 0 Å². The van der Waals surface area contributed by atoms with Crippen LogP contribution in [0.4, 0.5) is 0 Å². The largest absolute Gasteiger partial charge is 0.299 e. The molecular weight excluding hydrogens is 232 g/mol. The van der Waals surface area contributed by atoms with Gasteiger partial charge in [-0.2, -0.15) is 0 Å². The van der Waals surface area contributed by atoms with Gasteiger partial charge in [0.1, 0.15) is 5.78 Å². The normalized spacial score (nSPS) is 25.2. The van der Waals surface area contributed by atoms with Crippen LogP contribution in [0.3, 0.4) is 0 Å². The first-order chi connectivity index (χ1) is 9.34. The Morgan fingerprint density at radius 2 is 1.95 bits per heavy atom. The summed E-state index contributed by atoms with van der Waals surface area (Å²) in [5, 5.41) is 2.50. The highest BCUT2D eigenvalue weighted by Gasteiger charge is 2.35. The summed E-state index contributed by atoms with van der Waals surface area (Å²) in [6.45, 7) is 0. The highest BCUT2D eigenvalue weighted by atomic mass is 16.1. The predicted octanol–water partition coefficient (Wildman–Crippen LogP) is 4.01. The number of Topliss-reactive ketones (excluding diaryl/α,β-unsaturated/α-hetero) is 1. The summed E-state index contributed by atoms with van der Waals surface area (Å²) in [5.41, 5.74) is 2.63. The lowest BCUT2D eigenvalue weighted by Gasteiger charge is -2.33. The number of ketones is 1. The van der Waals surface area contributed by atoms with E-state index in [1.54, 1.807) is 0 Å². The second kappa shape index (κ2) is 4.06. The SMILES string of the molecule is O=C1Cc2c(ccc3ccccc23)C2C=CCCC12. The maximum atomic E-state index is 12.4. The van der Waals surface area contributed by atoms with E-state index < -0.39 is 0 Å². The third-order valence-corrected chi connectivity index (χ3v) is 4.62. The van der Waals surface area contributed by atoms with Gasteiger partial charge in [-0.05, 0) is 34.7 Å². The molecule has 2 aliphatic carbocycles. The van der Waals surface area contributed by atoms with Crippen molar-refractivity contribution in [2.75, 3.05) is 0 Å². The van der Waals surface area contributed by atoms with Gasteiger partial charge in [-0.25, -0.2) is 0 Å². The summed E-state index contributed by atoms with van der Waals surface area (Å²) in [5.74, 6) is 0.964. The molecule has 2 atom stereocenters. The number of carbonyl (C=O) groups excluding carboxylic acids is 1. The quantitative estimate of drug-likeness (QED) is 0.644. The summed E-state index contributed by atoms with van der Waals surface area (Å²) in [6, 6.07) is 12.8. The van der Waals surface area contributed by atoms with E-state index in [4.69, 9.17) is 0 Å². The second-order valence-corrected chi connectivity index (χ2v) is 5.64. The average molecular weight is 248 g/mol. The number of hydrogen-bond donors (Lipinski definition) is 0. The minimum absolute atomic E-state index is 0.221. The minimum atomic E-state index is 0.221. The zero-order valence-corrected chi connectivity index (χ0v) is 10.8. The van der Waals surface area contributed by atoms with Gasteiger partial charge >= 0.3 is 0 Å². The van der Waals surface area contributed by atoms with E-state index in [-0.39, 0.29) is 5.92 Å². The first kappa shape index (κ1) is 11.0. The topological polar surface area (TPSA) is 17.1 Å². The van der Waals surface area contributed by atoms with Crippen molar-refractivity contribution in [3.8, 4) is 0 Å². The van der Waals surface area contributed by atoms with E-state index in [0.717, 1.165) is 12.8 Å². The molecule has 0 aromatic heterocycles. The van der Waals surface area contributed by atoms with Gasteiger partial charge in [-0.1, -0.05) is 48.6 Å². The van der Waals surface area contributed by atoms with Crippen LogP contribution in [0.1, 0.15) is 29.9 Å². The second-order valence-electron chi connectivity index (χ2n) is 5.64. The Morgan fingerprint density at radius 1 is 1.05 bits per heavy atom. The summed E-state index contributed by atoms with van der Waals surface area (Å²) in [6.07, 6.45) is 7.17. The molecule has 0 saturated heterocycles. The molecule has 94 valence electrons. The van der Waals surface area contributed by atoms with Crippen LogP contribution in [-0.2, 0) is 11.2 Å². The van der Waals surface area contributed by atoms with Crippen molar-refractivity contribution in [1.29, 1.82) is 0 Å². The summed E-state index contributed by atoms with van der Waals surface area (Å²) in [7, 11) is 0. The molecule has 0 N–H and O–H groups in total. The molecule has 0 aliphatic heterocycles. The fourth-order valence-corrected chi connectivity index (χ4v) is 3.68. The number of rotatable bonds is 0. The fraction of sp³-hybridized carbons (Fsp3) is 0.278. The van der Waals surface area contributed by atoms with Crippen molar-refractivity contribution in [2.24, 2.45) is 5.92 Å². The first-order valence-corrected chi connectivity index (χ1v) is 7.04. The molecule has 19 heavy (non-hydrogen) atoms. The Labute approximate surface area is 112 Å². The van der Waals surface area contributed by atoms with Crippen LogP contribution in [0.25, 0.3) is 10.8 Å². The number of carbonyl (C=O) groups is 1. The Balaban J connectivity index is 1.99. The van der Waals surface area contributed by atoms with E-state index in [2.05, 4.69) is 48.6 Å². The molecule has 0 fully saturated rings. The Hall–Kier alpha value is -1.89. The van der Waals surface area contributed by atoms with Crippen LogP contribution in [0.15, 0.2) is 48.6 Å². The third-order valence-electron chi connectivity index (χ3n) is 4.62. The highest BCUT2D eigenvalue weighted by Crippen LogP contribution is 2.42. The molecule has 0 spiro atoms. The monoisotopic (exact) mass is 248 g/mol. The molecule has 2 aromatic rings. The van der Waals surface area contributed by atoms with Crippen molar-refractivity contribution in [1.82, 2.24) is 0 Å². The predicted molar refractivity (Wildman–Crippen MR) is 77.3 cm³/mol. The highest BCUT2D eigenvalue weighted by molar-refractivity contribution is 5.95. The number of fused-ring (bicyclic) bond motifs is 5. The van der Waals surface area contributed by atoms with Gasteiger partial charge in [-0.15, -0.1) is 0 Å². The maximum Gasteiger partial charge on any atom is 0.141 e. The van der Waals surface area contributed by atoms with Crippen molar-refractivity contribution in [3.63, 3.8) is 0 Å². The van der Waals surface area contributed by atoms with E-state index >= 15 is 0 Å². The maximum absolute atomic E-state index is 12.4. The standard InChI is InChI=1S/C18H16O/c19-18-11-17-13-6-2-1-5-12(13)9-10-15(17)14-7-3-4-8-16(14)18/h1-3,5-7,9-10,14,16H,4,8,11H2. The average Bonchev–Trinajstić information content (AvgIpc) is 2.47. The molecule has 0 bridgehead atoms. The molecule has 0 saturated carbocycles. The molecule has 1 heteroatoms. The summed E-state index contributed by atoms with van der Waals surface area (Å²) in [4.78, 5) is 12.4.